The Morgan fingerprint density at radius 2 is 2.19 bits per heavy atom. The van der Waals surface area contributed by atoms with Crippen LogP contribution in [0, 0.1) is 0 Å². The van der Waals surface area contributed by atoms with Gasteiger partial charge in [0, 0.05) is 13.1 Å². The standard InChI is InChI=1S/C13H20N2O/c1-4-15-12-6-5-10(8-16)7-11(12)14-9-13(15,2)3/h5-7,14,16H,4,8-9H2,1-3H3. The zero-order valence-corrected chi connectivity index (χ0v) is 10.2. The van der Waals surface area contributed by atoms with Crippen molar-refractivity contribution in [2.45, 2.75) is 32.9 Å². The van der Waals surface area contributed by atoms with Crippen LogP contribution in [-0.4, -0.2) is 23.7 Å². The van der Waals surface area contributed by atoms with Crippen LogP contribution in [0.4, 0.5) is 11.4 Å². The maximum atomic E-state index is 9.12. The number of likely N-dealkylation sites (N-methyl/N-ethyl adjacent to an activating group) is 1. The lowest BCUT2D eigenvalue weighted by molar-refractivity contribution is 0.282. The molecule has 0 amide bonds. The minimum absolute atomic E-state index is 0.102. The van der Waals surface area contributed by atoms with E-state index in [0.717, 1.165) is 24.3 Å². The van der Waals surface area contributed by atoms with Crippen LogP contribution in [-0.2, 0) is 6.61 Å². The molecular formula is C13H20N2O. The van der Waals surface area contributed by atoms with Crippen molar-refractivity contribution in [3.8, 4) is 0 Å². The SMILES string of the molecule is CCN1c2ccc(CO)cc2NCC1(C)C. The van der Waals surface area contributed by atoms with Gasteiger partial charge in [-0.15, -0.1) is 0 Å². The van der Waals surface area contributed by atoms with Crippen molar-refractivity contribution in [3.63, 3.8) is 0 Å². The van der Waals surface area contributed by atoms with Crippen molar-refractivity contribution in [2.75, 3.05) is 23.3 Å². The second-order valence-electron chi connectivity index (χ2n) is 4.92. The maximum Gasteiger partial charge on any atom is 0.0682 e. The first-order chi connectivity index (χ1) is 7.58. The van der Waals surface area contributed by atoms with Crippen LogP contribution in [0.15, 0.2) is 18.2 Å². The topological polar surface area (TPSA) is 35.5 Å². The molecule has 0 fully saturated rings. The molecule has 0 saturated carbocycles. The van der Waals surface area contributed by atoms with Crippen molar-refractivity contribution < 1.29 is 5.11 Å². The molecule has 2 N–H and O–H groups in total. The molecule has 1 aliphatic rings. The van der Waals surface area contributed by atoms with Crippen molar-refractivity contribution in [1.82, 2.24) is 0 Å². The molecule has 0 aromatic heterocycles. The second kappa shape index (κ2) is 3.98. The Morgan fingerprint density at radius 1 is 1.44 bits per heavy atom. The van der Waals surface area contributed by atoms with E-state index in [1.807, 2.05) is 12.1 Å². The predicted octanol–water partition coefficient (Wildman–Crippen LogP) is 2.21. The molecule has 0 aliphatic carbocycles. The van der Waals surface area contributed by atoms with Crippen molar-refractivity contribution in [1.29, 1.82) is 0 Å². The summed E-state index contributed by atoms with van der Waals surface area (Å²) in [6.45, 7) is 8.70. The molecule has 0 radical (unpaired) electrons. The van der Waals surface area contributed by atoms with Crippen LogP contribution >= 0.6 is 0 Å². The molecule has 0 saturated heterocycles. The van der Waals surface area contributed by atoms with E-state index in [0.29, 0.717) is 0 Å². The summed E-state index contributed by atoms with van der Waals surface area (Å²) in [5.41, 5.74) is 3.47. The average Bonchev–Trinajstić information content (AvgIpc) is 2.27. The Labute approximate surface area is 97.1 Å². The zero-order chi connectivity index (χ0) is 11.8. The minimum atomic E-state index is 0.102. The normalized spacial score (nSPS) is 17.9. The lowest BCUT2D eigenvalue weighted by Gasteiger charge is -2.45. The van der Waals surface area contributed by atoms with Gasteiger partial charge in [-0.2, -0.15) is 0 Å². The lowest BCUT2D eigenvalue weighted by Crippen LogP contribution is -2.52. The van der Waals surface area contributed by atoms with Gasteiger partial charge in [-0.05, 0) is 38.5 Å². The largest absolute Gasteiger partial charge is 0.392 e. The smallest absolute Gasteiger partial charge is 0.0682 e. The fourth-order valence-corrected chi connectivity index (χ4v) is 2.39. The molecule has 2 rings (SSSR count). The summed E-state index contributed by atoms with van der Waals surface area (Å²) >= 11 is 0. The summed E-state index contributed by atoms with van der Waals surface area (Å²) in [5.74, 6) is 0. The molecule has 1 aliphatic heterocycles. The molecular weight excluding hydrogens is 200 g/mol. The highest BCUT2D eigenvalue weighted by Gasteiger charge is 2.31. The highest BCUT2D eigenvalue weighted by atomic mass is 16.3. The Balaban J connectivity index is 2.43. The Kier molecular flexibility index (Phi) is 2.80. The molecule has 3 heteroatoms. The van der Waals surface area contributed by atoms with Crippen LogP contribution in [0.1, 0.15) is 26.3 Å². The zero-order valence-electron chi connectivity index (χ0n) is 10.2. The fourth-order valence-electron chi connectivity index (χ4n) is 2.39. The summed E-state index contributed by atoms with van der Waals surface area (Å²) in [6, 6.07) is 6.12. The van der Waals surface area contributed by atoms with Gasteiger partial charge in [-0.25, -0.2) is 0 Å². The number of rotatable bonds is 2. The van der Waals surface area contributed by atoms with E-state index < -0.39 is 0 Å². The van der Waals surface area contributed by atoms with Gasteiger partial charge in [0.1, 0.15) is 0 Å². The lowest BCUT2D eigenvalue weighted by atomic mass is 9.97. The van der Waals surface area contributed by atoms with Gasteiger partial charge < -0.3 is 15.3 Å². The molecule has 88 valence electrons. The molecule has 0 spiro atoms. The highest BCUT2D eigenvalue weighted by Crippen LogP contribution is 2.36. The molecule has 1 heterocycles. The number of anilines is 2. The van der Waals surface area contributed by atoms with Gasteiger partial charge >= 0.3 is 0 Å². The molecule has 3 nitrogen and oxygen atoms in total. The average molecular weight is 220 g/mol. The predicted molar refractivity (Wildman–Crippen MR) is 68.0 cm³/mol. The molecule has 16 heavy (non-hydrogen) atoms. The first-order valence-electron chi connectivity index (χ1n) is 5.84. The summed E-state index contributed by atoms with van der Waals surface area (Å²) in [7, 11) is 0. The van der Waals surface area contributed by atoms with Gasteiger partial charge in [0.25, 0.3) is 0 Å². The van der Waals surface area contributed by atoms with Gasteiger partial charge in [0.2, 0.25) is 0 Å². The number of benzene rings is 1. The molecule has 1 aromatic carbocycles. The quantitative estimate of drug-likeness (QED) is 0.802. The van der Waals surface area contributed by atoms with Gasteiger partial charge in [-0.1, -0.05) is 6.07 Å². The second-order valence-corrected chi connectivity index (χ2v) is 4.92. The van der Waals surface area contributed by atoms with Gasteiger partial charge in [-0.3, -0.25) is 0 Å². The Morgan fingerprint density at radius 3 is 2.81 bits per heavy atom. The van der Waals surface area contributed by atoms with Crippen LogP contribution in [0.3, 0.4) is 0 Å². The third-order valence-electron chi connectivity index (χ3n) is 3.29. The van der Waals surface area contributed by atoms with Crippen LogP contribution < -0.4 is 10.2 Å². The van der Waals surface area contributed by atoms with Crippen LogP contribution in [0.2, 0.25) is 0 Å². The number of hydrogen-bond donors (Lipinski definition) is 2. The summed E-state index contributed by atoms with van der Waals surface area (Å²) in [5, 5.41) is 12.6. The highest BCUT2D eigenvalue weighted by molar-refractivity contribution is 5.74. The van der Waals surface area contributed by atoms with E-state index in [1.54, 1.807) is 0 Å². The van der Waals surface area contributed by atoms with E-state index >= 15 is 0 Å². The molecule has 1 aromatic rings. The number of fused-ring (bicyclic) bond motifs is 1. The number of aliphatic hydroxyl groups excluding tert-OH is 1. The third kappa shape index (κ3) is 1.76. The van der Waals surface area contributed by atoms with E-state index in [9.17, 15) is 0 Å². The minimum Gasteiger partial charge on any atom is -0.392 e. The first-order valence-corrected chi connectivity index (χ1v) is 5.84. The Bertz CT molecular complexity index is 388. The number of nitrogens with zero attached hydrogens (tertiary/aromatic N) is 1. The van der Waals surface area contributed by atoms with Gasteiger partial charge in [0.05, 0.1) is 23.5 Å². The van der Waals surface area contributed by atoms with Crippen molar-refractivity contribution >= 4 is 11.4 Å². The van der Waals surface area contributed by atoms with Gasteiger partial charge in [0.15, 0.2) is 0 Å². The van der Waals surface area contributed by atoms with E-state index in [4.69, 9.17) is 5.11 Å². The monoisotopic (exact) mass is 220 g/mol. The van der Waals surface area contributed by atoms with Crippen LogP contribution in [0.5, 0.6) is 0 Å². The fraction of sp³-hybridized carbons (Fsp3) is 0.538. The number of aliphatic hydroxyl groups is 1. The third-order valence-corrected chi connectivity index (χ3v) is 3.29. The van der Waals surface area contributed by atoms with E-state index in [-0.39, 0.29) is 12.1 Å². The maximum absolute atomic E-state index is 9.12. The van der Waals surface area contributed by atoms with E-state index in [2.05, 4.69) is 37.1 Å². The van der Waals surface area contributed by atoms with E-state index in [1.165, 1.54) is 5.69 Å². The van der Waals surface area contributed by atoms with Crippen LogP contribution in [0.25, 0.3) is 0 Å². The molecule has 0 unspecified atom stereocenters. The summed E-state index contributed by atoms with van der Waals surface area (Å²) < 4.78 is 0. The molecule has 0 bridgehead atoms. The first kappa shape index (κ1) is 11.3. The summed E-state index contributed by atoms with van der Waals surface area (Å²) in [6.07, 6.45) is 0. The molecule has 0 atom stereocenters. The summed E-state index contributed by atoms with van der Waals surface area (Å²) in [4.78, 5) is 2.40. The van der Waals surface area contributed by atoms with Crippen molar-refractivity contribution in [2.24, 2.45) is 0 Å². The Hall–Kier alpha value is -1.22. The van der Waals surface area contributed by atoms with Crippen molar-refractivity contribution in [3.05, 3.63) is 23.8 Å². The number of hydrogen-bond acceptors (Lipinski definition) is 3. The number of nitrogens with one attached hydrogen (secondary N) is 1.